The summed E-state index contributed by atoms with van der Waals surface area (Å²) in [5, 5.41) is 14.4. The summed E-state index contributed by atoms with van der Waals surface area (Å²) in [7, 11) is 0. The summed E-state index contributed by atoms with van der Waals surface area (Å²) in [4.78, 5) is 41.7. The summed E-state index contributed by atoms with van der Waals surface area (Å²) >= 11 is 0. The molecule has 2 heterocycles. The highest BCUT2D eigenvalue weighted by Gasteiger charge is 2.27. The van der Waals surface area contributed by atoms with Crippen LogP contribution in [0.2, 0.25) is 0 Å². The number of anilines is 1. The number of nitrogens with zero attached hydrogens (tertiary/aromatic N) is 4. The van der Waals surface area contributed by atoms with Gasteiger partial charge in [0.25, 0.3) is 11.6 Å². The third kappa shape index (κ3) is 5.45. The molecule has 1 aromatic carbocycles. The second-order valence-electron chi connectivity index (χ2n) is 7.85. The molecule has 1 aromatic rings. The van der Waals surface area contributed by atoms with Crippen LogP contribution in [0.4, 0.5) is 11.4 Å². The molecule has 0 bridgehead atoms. The van der Waals surface area contributed by atoms with Crippen molar-refractivity contribution < 1.29 is 19.2 Å². The number of hydrogen-bond acceptors (Lipinski definition) is 7. The van der Waals surface area contributed by atoms with Gasteiger partial charge in [0, 0.05) is 56.9 Å². The van der Waals surface area contributed by atoms with Gasteiger partial charge in [0.1, 0.15) is 5.69 Å². The average Bonchev–Trinajstić information content (AvgIpc) is 2.73. The molecule has 0 radical (unpaired) electrons. The Morgan fingerprint density at radius 2 is 1.80 bits per heavy atom. The number of morpholine rings is 1. The summed E-state index contributed by atoms with van der Waals surface area (Å²) in [5.74, 6) is -0.259. The SMILES string of the molecule is CC(C)NC(=O)c1ccc(N2CCN(C(=O)CN3CCOCC3)CC2)c([N+](=O)[O-])c1. The number of amides is 2. The molecular weight excluding hydrogens is 390 g/mol. The number of nitro benzene ring substituents is 1. The Hall–Kier alpha value is -2.72. The first kappa shape index (κ1) is 22.0. The number of piperazine rings is 1. The quantitative estimate of drug-likeness (QED) is 0.534. The van der Waals surface area contributed by atoms with Gasteiger partial charge in [0.15, 0.2) is 0 Å². The Morgan fingerprint density at radius 3 is 2.40 bits per heavy atom. The Bertz CT molecular complexity index is 786. The van der Waals surface area contributed by atoms with E-state index in [4.69, 9.17) is 4.74 Å². The summed E-state index contributed by atoms with van der Waals surface area (Å²) in [5.41, 5.74) is 0.638. The molecule has 2 aliphatic rings. The highest BCUT2D eigenvalue weighted by Crippen LogP contribution is 2.30. The van der Waals surface area contributed by atoms with Crippen molar-refractivity contribution in [3.8, 4) is 0 Å². The van der Waals surface area contributed by atoms with Crippen LogP contribution in [-0.4, -0.2) is 91.6 Å². The lowest BCUT2D eigenvalue weighted by Gasteiger charge is -2.37. The summed E-state index contributed by atoms with van der Waals surface area (Å²) in [6.07, 6.45) is 0. The van der Waals surface area contributed by atoms with Crippen molar-refractivity contribution in [2.45, 2.75) is 19.9 Å². The van der Waals surface area contributed by atoms with Crippen molar-refractivity contribution in [1.29, 1.82) is 0 Å². The molecule has 2 saturated heterocycles. The number of benzene rings is 1. The molecule has 2 fully saturated rings. The van der Waals surface area contributed by atoms with Crippen LogP contribution in [0.5, 0.6) is 0 Å². The van der Waals surface area contributed by atoms with E-state index in [2.05, 4.69) is 10.2 Å². The van der Waals surface area contributed by atoms with E-state index in [1.165, 1.54) is 6.07 Å². The minimum absolute atomic E-state index is 0.0562. The van der Waals surface area contributed by atoms with Gasteiger partial charge in [-0.2, -0.15) is 0 Å². The van der Waals surface area contributed by atoms with E-state index in [-0.39, 0.29) is 29.1 Å². The fourth-order valence-corrected chi connectivity index (χ4v) is 3.67. The van der Waals surface area contributed by atoms with Crippen molar-refractivity contribution in [1.82, 2.24) is 15.1 Å². The zero-order valence-electron chi connectivity index (χ0n) is 17.5. The molecule has 0 unspecified atom stereocenters. The maximum absolute atomic E-state index is 12.6. The number of nitro groups is 1. The van der Waals surface area contributed by atoms with Gasteiger partial charge >= 0.3 is 0 Å². The van der Waals surface area contributed by atoms with E-state index >= 15 is 0 Å². The van der Waals surface area contributed by atoms with E-state index < -0.39 is 4.92 Å². The number of hydrogen-bond donors (Lipinski definition) is 1. The number of ether oxygens (including phenoxy) is 1. The van der Waals surface area contributed by atoms with Gasteiger partial charge in [-0.25, -0.2) is 0 Å². The van der Waals surface area contributed by atoms with E-state index in [0.29, 0.717) is 51.6 Å². The number of carbonyl (C=O) groups excluding carboxylic acids is 2. The van der Waals surface area contributed by atoms with Crippen molar-refractivity contribution in [3.63, 3.8) is 0 Å². The van der Waals surface area contributed by atoms with Crippen LogP contribution in [0.3, 0.4) is 0 Å². The first-order valence-electron chi connectivity index (χ1n) is 10.3. The van der Waals surface area contributed by atoms with Crippen LogP contribution >= 0.6 is 0 Å². The number of nitrogens with one attached hydrogen (secondary N) is 1. The zero-order chi connectivity index (χ0) is 21.7. The fourth-order valence-electron chi connectivity index (χ4n) is 3.67. The molecule has 10 nitrogen and oxygen atoms in total. The number of rotatable bonds is 6. The highest BCUT2D eigenvalue weighted by molar-refractivity contribution is 5.96. The molecule has 0 spiro atoms. The molecule has 10 heteroatoms. The summed E-state index contributed by atoms with van der Waals surface area (Å²) in [6.45, 7) is 8.89. The van der Waals surface area contributed by atoms with E-state index in [9.17, 15) is 19.7 Å². The highest BCUT2D eigenvalue weighted by atomic mass is 16.6. The molecule has 3 rings (SSSR count). The van der Waals surface area contributed by atoms with Gasteiger partial charge in [-0.15, -0.1) is 0 Å². The van der Waals surface area contributed by atoms with Crippen molar-refractivity contribution in [2.75, 3.05) is 63.9 Å². The smallest absolute Gasteiger partial charge is 0.293 e. The Balaban J connectivity index is 1.63. The van der Waals surface area contributed by atoms with E-state index in [1.54, 1.807) is 12.1 Å². The topological polar surface area (TPSA) is 108 Å². The molecule has 30 heavy (non-hydrogen) atoms. The van der Waals surface area contributed by atoms with Crippen LogP contribution in [0.1, 0.15) is 24.2 Å². The largest absolute Gasteiger partial charge is 0.379 e. The molecule has 1 N–H and O–H groups in total. The normalized spacial score (nSPS) is 17.8. The van der Waals surface area contributed by atoms with Crippen LogP contribution in [-0.2, 0) is 9.53 Å². The van der Waals surface area contributed by atoms with Gasteiger partial charge in [0.2, 0.25) is 5.91 Å². The first-order valence-corrected chi connectivity index (χ1v) is 10.3. The molecule has 0 saturated carbocycles. The zero-order valence-corrected chi connectivity index (χ0v) is 17.5. The Kier molecular flexibility index (Phi) is 7.22. The first-order chi connectivity index (χ1) is 14.3. The lowest BCUT2D eigenvalue weighted by Crippen LogP contribution is -2.52. The van der Waals surface area contributed by atoms with Gasteiger partial charge in [-0.05, 0) is 26.0 Å². The molecule has 0 aromatic heterocycles. The van der Waals surface area contributed by atoms with Gasteiger partial charge in [0.05, 0.1) is 24.7 Å². The second-order valence-corrected chi connectivity index (χ2v) is 7.85. The standard InChI is InChI=1S/C20H29N5O5/c1-15(2)21-20(27)16-3-4-17(18(13-16)25(28)29)23-5-7-24(8-6-23)19(26)14-22-9-11-30-12-10-22/h3-4,13,15H,5-12,14H2,1-2H3,(H,21,27). The van der Waals surface area contributed by atoms with E-state index in [1.807, 2.05) is 23.6 Å². The fraction of sp³-hybridized carbons (Fsp3) is 0.600. The van der Waals surface area contributed by atoms with Crippen molar-refractivity contribution in [3.05, 3.63) is 33.9 Å². The van der Waals surface area contributed by atoms with Gasteiger partial charge in [-0.3, -0.25) is 24.6 Å². The van der Waals surface area contributed by atoms with E-state index in [0.717, 1.165) is 13.1 Å². The monoisotopic (exact) mass is 419 g/mol. The van der Waals surface area contributed by atoms with Crippen LogP contribution in [0.15, 0.2) is 18.2 Å². The van der Waals surface area contributed by atoms with Crippen LogP contribution in [0.25, 0.3) is 0 Å². The molecule has 2 aliphatic heterocycles. The maximum Gasteiger partial charge on any atom is 0.293 e. The second kappa shape index (κ2) is 9.86. The van der Waals surface area contributed by atoms with Gasteiger partial charge < -0.3 is 19.9 Å². The third-order valence-corrected chi connectivity index (χ3v) is 5.29. The lowest BCUT2D eigenvalue weighted by atomic mass is 10.1. The Labute approximate surface area is 175 Å². The lowest BCUT2D eigenvalue weighted by molar-refractivity contribution is -0.384. The minimum Gasteiger partial charge on any atom is -0.379 e. The number of carbonyl (C=O) groups is 2. The molecule has 2 amide bonds. The predicted molar refractivity (Wildman–Crippen MR) is 112 cm³/mol. The molecular formula is C20H29N5O5. The van der Waals surface area contributed by atoms with Gasteiger partial charge in [-0.1, -0.05) is 0 Å². The molecule has 164 valence electrons. The summed E-state index contributed by atoms with van der Waals surface area (Å²) < 4.78 is 5.31. The third-order valence-electron chi connectivity index (χ3n) is 5.29. The van der Waals surface area contributed by atoms with Crippen LogP contribution in [0, 0.1) is 10.1 Å². The van der Waals surface area contributed by atoms with Crippen LogP contribution < -0.4 is 10.2 Å². The molecule has 0 aliphatic carbocycles. The average molecular weight is 419 g/mol. The van der Waals surface area contributed by atoms with Crippen molar-refractivity contribution >= 4 is 23.2 Å². The van der Waals surface area contributed by atoms with Crippen molar-refractivity contribution in [2.24, 2.45) is 0 Å². The maximum atomic E-state index is 12.6. The summed E-state index contributed by atoms with van der Waals surface area (Å²) in [6, 6.07) is 4.50. The molecule has 0 atom stereocenters. The predicted octanol–water partition coefficient (Wildman–Crippen LogP) is 0.714. The minimum atomic E-state index is -0.461. The Morgan fingerprint density at radius 1 is 1.13 bits per heavy atom.